The molecule has 6 heteroatoms. The number of hydrogen-bond acceptors (Lipinski definition) is 4. The molecule has 1 unspecified atom stereocenters. The number of hydrogen-bond donors (Lipinski definition) is 1. The Kier molecular flexibility index (Phi) is 5.24. The SMILES string of the molecule is CC(C)(Oc1cc(Br)cc(C(=O)O)c1)OC1CCCCO1. The van der Waals surface area contributed by atoms with E-state index in [1.54, 1.807) is 19.9 Å². The largest absolute Gasteiger partial charge is 0.478 e. The molecule has 1 aromatic rings. The fraction of sp³-hybridized carbons (Fsp3) is 0.533. The number of rotatable bonds is 5. The van der Waals surface area contributed by atoms with E-state index in [9.17, 15) is 4.79 Å². The van der Waals surface area contributed by atoms with Gasteiger partial charge in [0.2, 0.25) is 5.79 Å². The zero-order valence-corrected chi connectivity index (χ0v) is 13.7. The summed E-state index contributed by atoms with van der Waals surface area (Å²) < 4.78 is 17.8. The van der Waals surface area contributed by atoms with Gasteiger partial charge in [0.15, 0.2) is 6.29 Å². The fourth-order valence-electron chi connectivity index (χ4n) is 2.17. The molecule has 1 N–H and O–H groups in total. The van der Waals surface area contributed by atoms with Crippen molar-refractivity contribution < 1.29 is 24.1 Å². The molecule has 0 bridgehead atoms. The maximum absolute atomic E-state index is 11.1. The molecule has 1 aromatic carbocycles. The van der Waals surface area contributed by atoms with Crippen molar-refractivity contribution in [3.05, 3.63) is 28.2 Å². The Morgan fingerprint density at radius 3 is 2.76 bits per heavy atom. The summed E-state index contributed by atoms with van der Waals surface area (Å²) in [6.45, 7) is 4.26. The molecule has 2 rings (SSSR count). The Balaban J connectivity index is 2.06. The van der Waals surface area contributed by atoms with Gasteiger partial charge in [-0.2, -0.15) is 0 Å². The van der Waals surface area contributed by atoms with Crippen LogP contribution in [0.15, 0.2) is 22.7 Å². The van der Waals surface area contributed by atoms with Gasteiger partial charge < -0.3 is 19.3 Å². The summed E-state index contributed by atoms with van der Waals surface area (Å²) >= 11 is 3.28. The topological polar surface area (TPSA) is 65.0 Å². The van der Waals surface area contributed by atoms with Gasteiger partial charge in [-0.25, -0.2) is 4.79 Å². The lowest BCUT2D eigenvalue weighted by molar-refractivity contribution is -0.272. The maximum atomic E-state index is 11.1. The number of carbonyl (C=O) groups is 1. The van der Waals surface area contributed by atoms with Gasteiger partial charge in [-0.1, -0.05) is 15.9 Å². The molecule has 0 radical (unpaired) electrons. The maximum Gasteiger partial charge on any atom is 0.335 e. The lowest BCUT2D eigenvalue weighted by Crippen LogP contribution is -2.38. The third-order valence-electron chi connectivity index (χ3n) is 3.04. The molecule has 1 saturated heterocycles. The van der Waals surface area contributed by atoms with Crippen molar-refractivity contribution in [2.75, 3.05) is 6.61 Å². The van der Waals surface area contributed by atoms with Crippen LogP contribution in [-0.2, 0) is 9.47 Å². The standard InChI is InChI=1S/C15H19BrO5/c1-15(2,21-13-5-3-4-6-19-13)20-12-8-10(14(17)18)7-11(16)9-12/h7-9,13H,3-6H2,1-2H3,(H,17,18). The third kappa shape index (κ3) is 4.98. The highest BCUT2D eigenvalue weighted by atomic mass is 79.9. The van der Waals surface area contributed by atoms with Crippen molar-refractivity contribution in [3.8, 4) is 5.75 Å². The van der Waals surface area contributed by atoms with Crippen molar-refractivity contribution in [2.45, 2.75) is 45.2 Å². The number of aromatic carboxylic acids is 1. The summed E-state index contributed by atoms with van der Waals surface area (Å²) in [5, 5.41) is 9.07. The Morgan fingerprint density at radius 1 is 1.38 bits per heavy atom. The molecule has 5 nitrogen and oxygen atoms in total. The number of halogens is 1. The monoisotopic (exact) mass is 358 g/mol. The van der Waals surface area contributed by atoms with E-state index in [4.69, 9.17) is 19.3 Å². The second kappa shape index (κ2) is 6.77. The number of ether oxygens (including phenoxy) is 3. The van der Waals surface area contributed by atoms with Gasteiger partial charge in [-0.3, -0.25) is 0 Å². The number of benzene rings is 1. The first-order chi connectivity index (χ1) is 9.85. The van der Waals surface area contributed by atoms with Crippen LogP contribution in [0.1, 0.15) is 43.5 Å². The van der Waals surface area contributed by atoms with Gasteiger partial charge in [0.05, 0.1) is 5.56 Å². The van der Waals surface area contributed by atoms with Gasteiger partial charge in [0.1, 0.15) is 5.75 Å². The average Bonchev–Trinajstić information content (AvgIpc) is 2.37. The minimum atomic E-state index is -1.00. The van der Waals surface area contributed by atoms with Crippen molar-refractivity contribution in [1.29, 1.82) is 0 Å². The van der Waals surface area contributed by atoms with Crippen LogP contribution in [-0.4, -0.2) is 29.8 Å². The zero-order chi connectivity index (χ0) is 15.5. The van der Waals surface area contributed by atoms with Crippen LogP contribution in [0, 0.1) is 0 Å². The van der Waals surface area contributed by atoms with E-state index < -0.39 is 11.8 Å². The molecule has 1 aliphatic rings. The number of carboxylic acid groups (broad SMARTS) is 1. The van der Waals surface area contributed by atoms with Gasteiger partial charge in [-0.05, 0) is 37.5 Å². The minimum absolute atomic E-state index is 0.157. The number of carboxylic acids is 1. The Hall–Kier alpha value is -1.11. The van der Waals surface area contributed by atoms with Gasteiger partial charge in [0, 0.05) is 24.9 Å². The lowest BCUT2D eigenvalue weighted by atomic mass is 10.2. The fourth-order valence-corrected chi connectivity index (χ4v) is 2.65. The Bertz CT molecular complexity index is 509. The van der Waals surface area contributed by atoms with E-state index in [0.717, 1.165) is 19.3 Å². The van der Waals surface area contributed by atoms with Gasteiger partial charge in [0.25, 0.3) is 0 Å². The van der Waals surface area contributed by atoms with Gasteiger partial charge >= 0.3 is 5.97 Å². The van der Waals surface area contributed by atoms with Crippen LogP contribution in [0.2, 0.25) is 0 Å². The van der Waals surface area contributed by atoms with Crippen LogP contribution < -0.4 is 4.74 Å². The van der Waals surface area contributed by atoms with Crippen molar-refractivity contribution in [3.63, 3.8) is 0 Å². The molecule has 0 aromatic heterocycles. The molecule has 1 heterocycles. The van der Waals surface area contributed by atoms with E-state index in [2.05, 4.69) is 15.9 Å². The quantitative estimate of drug-likeness (QED) is 0.810. The smallest absolute Gasteiger partial charge is 0.335 e. The summed E-state index contributed by atoms with van der Waals surface area (Å²) in [5.74, 6) is -1.48. The first-order valence-electron chi connectivity index (χ1n) is 6.88. The zero-order valence-electron chi connectivity index (χ0n) is 12.1. The molecule has 116 valence electrons. The molecule has 0 aliphatic carbocycles. The first kappa shape index (κ1) is 16.3. The first-order valence-corrected chi connectivity index (χ1v) is 7.67. The second-order valence-electron chi connectivity index (χ2n) is 5.40. The van der Waals surface area contributed by atoms with Gasteiger partial charge in [-0.15, -0.1) is 0 Å². The molecule has 21 heavy (non-hydrogen) atoms. The molecule has 0 saturated carbocycles. The molecule has 0 spiro atoms. The van der Waals surface area contributed by atoms with Crippen molar-refractivity contribution in [1.82, 2.24) is 0 Å². The van der Waals surface area contributed by atoms with Crippen molar-refractivity contribution >= 4 is 21.9 Å². The van der Waals surface area contributed by atoms with E-state index >= 15 is 0 Å². The van der Waals surface area contributed by atoms with E-state index in [1.807, 2.05) is 0 Å². The van der Waals surface area contributed by atoms with Crippen LogP contribution >= 0.6 is 15.9 Å². The lowest BCUT2D eigenvalue weighted by Gasteiger charge is -2.33. The van der Waals surface area contributed by atoms with E-state index in [1.165, 1.54) is 12.1 Å². The predicted octanol–water partition coefficient (Wildman–Crippen LogP) is 3.81. The predicted molar refractivity (Wildman–Crippen MR) is 80.5 cm³/mol. The van der Waals surface area contributed by atoms with Crippen molar-refractivity contribution in [2.24, 2.45) is 0 Å². The second-order valence-corrected chi connectivity index (χ2v) is 6.31. The van der Waals surface area contributed by atoms with Crippen LogP contribution in [0.5, 0.6) is 5.75 Å². The Morgan fingerprint density at radius 2 is 2.14 bits per heavy atom. The summed E-state index contributed by atoms with van der Waals surface area (Å²) in [7, 11) is 0. The molecular formula is C15H19BrO5. The summed E-state index contributed by atoms with van der Waals surface area (Å²) in [6, 6.07) is 4.70. The molecule has 0 amide bonds. The summed E-state index contributed by atoms with van der Waals surface area (Å²) in [6.07, 6.45) is 2.68. The molecular weight excluding hydrogens is 340 g/mol. The normalized spacial score (nSPS) is 19.3. The molecule has 1 fully saturated rings. The molecule has 1 aliphatic heterocycles. The van der Waals surface area contributed by atoms with Crippen LogP contribution in [0.4, 0.5) is 0 Å². The highest BCUT2D eigenvalue weighted by Crippen LogP contribution is 2.27. The highest BCUT2D eigenvalue weighted by Gasteiger charge is 2.27. The summed E-state index contributed by atoms with van der Waals surface area (Å²) in [4.78, 5) is 11.1. The van der Waals surface area contributed by atoms with E-state index in [0.29, 0.717) is 16.8 Å². The van der Waals surface area contributed by atoms with E-state index in [-0.39, 0.29) is 11.9 Å². The van der Waals surface area contributed by atoms with Crippen LogP contribution in [0.3, 0.4) is 0 Å². The highest BCUT2D eigenvalue weighted by molar-refractivity contribution is 9.10. The van der Waals surface area contributed by atoms with Crippen LogP contribution in [0.25, 0.3) is 0 Å². The minimum Gasteiger partial charge on any atom is -0.478 e. The average molecular weight is 359 g/mol. The summed E-state index contributed by atoms with van der Waals surface area (Å²) in [5.41, 5.74) is 0.157. The molecule has 1 atom stereocenters. The Labute approximate surface area is 132 Å². The third-order valence-corrected chi connectivity index (χ3v) is 3.49.